The standard InChI is InChI=1S/C20H30O4/c1-4-6-7-20(24-18(22)13-23-17(21)5-2)15-8-14-9-16(20)12-19(3,10-14)11-15/h5,14-16H,2,4,6-13H2,1,3H3. The lowest BCUT2D eigenvalue weighted by Gasteiger charge is -2.64. The van der Waals surface area contributed by atoms with Gasteiger partial charge in [0.1, 0.15) is 5.60 Å². The molecule has 4 fully saturated rings. The van der Waals surface area contributed by atoms with E-state index in [1.165, 1.54) is 32.1 Å². The van der Waals surface area contributed by atoms with Crippen LogP contribution in [0.1, 0.15) is 65.2 Å². The van der Waals surface area contributed by atoms with Crippen LogP contribution in [0.25, 0.3) is 0 Å². The highest BCUT2D eigenvalue weighted by atomic mass is 16.6. The van der Waals surface area contributed by atoms with Crippen LogP contribution in [0.3, 0.4) is 0 Å². The number of rotatable bonds is 7. The summed E-state index contributed by atoms with van der Waals surface area (Å²) >= 11 is 0. The Labute approximate surface area is 145 Å². The van der Waals surface area contributed by atoms with Crippen molar-refractivity contribution >= 4 is 11.9 Å². The fraction of sp³-hybridized carbons (Fsp3) is 0.800. The van der Waals surface area contributed by atoms with Gasteiger partial charge in [-0.3, -0.25) is 0 Å². The van der Waals surface area contributed by atoms with Crippen molar-refractivity contribution in [3.8, 4) is 0 Å². The van der Waals surface area contributed by atoms with Crippen LogP contribution in [0.4, 0.5) is 0 Å². The molecule has 4 heteroatoms. The van der Waals surface area contributed by atoms with Crippen molar-refractivity contribution in [3.63, 3.8) is 0 Å². The first-order chi connectivity index (χ1) is 11.4. The maximum Gasteiger partial charge on any atom is 0.344 e. The van der Waals surface area contributed by atoms with E-state index in [2.05, 4.69) is 20.4 Å². The molecule has 4 rings (SSSR count). The van der Waals surface area contributed by atoms with Crippen LogP contribution in [0.5, 0.6) is 0 Å². The molecular formula is C20H30O4. The third kappa shape index (κ3) is 3.12. The second-order valence-corrected chi connectivity index (χ2v) is 8.50. The summed E-state index contributed by atoms with van der Waals surface area (Å²) in [5.41, 5.74) is 0.109. The van der Waals surface area contributed by atoms with Crippen molar-refractivity contribution in [2.45, 2.75) is 70.8 Å². The second-order valence-electron chi connectivity index (χ2n) is 8.50. The van der Waals surface area contributed by atoms with Gasteiger partial charge in [-0.25, -0.2) is 9.59 Å². The zero-order valence-electron chi connectivity index (χ0n) is 15.0. The number of carbonyl (C=O) groups excluding carboxylic acids is 2. The van der Waals surface area contributed by atoms with E-state index in [1.54, 1.807) is 0 Å². The lowest BCUT2D eigenvalue weighted by atomic mass is 9.44. The van der Waals surface area contributed by atoms with Crippen LogP contribution in [-0.2, 0) is 19.1 Å². The Bertz CT molecular complexity index is 508. The number of hydrogen-bond acceptors (Lipinski definition) is 4. The van der Waals surface area contributed by atoms with E-state index in [0.29, 0.717) is 17.3 Å². The molecule has 0 amide bonds. The molecule has 0 saturated heterocycles. The fourth-order valence-electron chi connectivity index (χ4n) is 5.96. The van der Waals surface area contributed by atoms with Gasteiger partial charge in [0.25, 0.3) is 0 Å². The Morgan fingerprint density at radius 1 is 1.21 bits per heavy atom. The Morgan fingerprint density at radius 3 is 2.42 bits per heavy atom. The van der Waals surface area contributed by atoms with E-state index in [4.69, 9.17) is 9.47 Å². The first-order valence-corrected chi connectivity index (χ1v) is 9.42. The highest BCUT2D eigenvalue weighted by molar-refractivity contribution is 5.83. The third-order valence-corrected chi connectivity index (χ3v) is 6.60. The van der Waals surface area contributed by atoms with Gasteiger partial charge in [-0.1, -0.05) is 26.8 Å². The van der Waals surface area contributed by atoms with Gasteiger partial charge < -0.3 is 9.47 Å². The number of carbonyl (C=O) groups is 2. The summed E-state index contributed by atoms with van der Waals surface area (Å²) in [6.07, 6.45) is 10.3. The fourth-order valence-corrected chi connectivity index (χ4v) is 5.96. The van der Waals surface area contributed by atoms with Crippen LogP contribution in [0.15, 0.2) is 12.7 Å². The van der Waals surface area contributed by atoms with E-state index in [-0.39, 0.29) is 12.2 Å². The average molecular weight is 334 g/mol. The van der Waals surface area contributed by atoms with Crippen molar-refractivity contribution in [1.29, 1.82) is 0 Å². The molecule has 0 radical (unpaired) electrons. The Morgan fingerprint density at radius 2 is 1.88 bits per heavy atom. The van der Waals surface area contributed by atoms with E-state index >= 15 is 0 Å². The van der Waals surface area contributed by atoms with Gasteiger partial charge in [-0.05, 0) is 68.1 Å². The SMILES string of the molecule is C=CC(=O)OCC(=O)OC1(CCCC)C2CC3CC1CC(C)(C3)C2. The molecule has 4 aliphatic carbocycles. The zero-order valence-corrected chi connectivity index (χ0v) is 15.0. The predicted molar refractivity (Wildman–Crippen MR) is 91.2 cm³/mol. The minimum atomic E-state index is -0.577. The number of unbranched alkanes of at least 4 members (excludes halogenated alkanes) is 1. The molecule has 0 aromatic rings. The number of ether oxygens (including phenoxy) is 2. The second kappa shape index (κ2) is 6.53. The first kappa shape index (κ1) is 17.5. The predicted octanol–water partition coefficient (Wildman–Crippen LogP) is 4.03. The Hall–Kier alpha value is -1.32. The quantitative estimate of drug-likeness (QED) is 0.521. The first-order valence-electron chi connectivity index (χ1n) is 9.42. The molecule has 4 nitrogen and oxygen atoms in total. The topological polar surface area (TPSA) is 52.6 Å². The molecule has 4 bridgehead atoms. The van der Waals surface area contributed by atoms with Crippen molar-refractivity contribution in [2.24, 2.45) is 23.2 Å². The van der Waals surface area contributed by atoms with Crippen molar-refractivity contribution in [1.82, 2.24) is 0 Å². The van der Waals surface area contributed by atoms with Crippen LogP contribution in [0.2, 0.25) is 0 Å². The van der Waals surface area contributed by atoms with E-state index in [1.807, 2.05) is 0 Å². The van der Waals surface area contributed by atoms with Crippen molar-refractivity contribution in [3.05, 3.63) is 12.7 Å². The molecule has 24 heavy (non-hydrogen) atoms. The third-order valence-electron chi connectivity index (χ3n) is 6.60. The van der Waals surface area contributed by atoms with E-state index < -0.39 is 11.9 Å². The monoisotopic (exact) mass is 334 g/mol. The van der Waals surface area contributed by atoms with Crippen molar-refractivity contribution < 1.29 is 19.1 Å². The summed E-state index contributed by atoms with van der Waals surface area (Å²) in [6.45, 7) is 7.63. The molecule has 2 atom stereocenters. The minimum Gasteiger partial charge on any atom is -0.456 e. The van der Waals surface area contributed by atoms with Gasteiger partial charge in [-0.2, -0.15) is 0 Å². The summed E-state index contributed by atoms with van der Waals surface area (Å²) in [4.78, 5) is 23.6. The molecule has 2 unspecified atom stereocenters. The lowest BCUT2D eigenvalue weighted by molar-refractivity contribution is -0.228. The molecule has 0 N–H and O–H groups in total. The van der Waals surface area contributed by atoms with Crippen LogP contribution in [0, 0.1) is 23.2 Å². The Kier molecular flexibility index (Phi) is 4.76. The summed E-state index contributed by atoms with van der Waals surface area (Å²) in [5.74, 6) is 0.768. The lowest BCUT2D eigenvalue weighted by Crippen LogP contribution is -2.62. The largest absolute Gasteiger partial charge is 0.456 e. The van der Waals surface area contributed by atoms with E-state index in [9.17, 15) is 9.59 Å². The van der Waals surface area contributed by atoms with Gasteiger partial charge in [-0.15, -0.1) is 0 Å². The molecule has 0 aromatic carbocycles. The summed E-state index contributed by atoms with van der Waals surface area (Å²) in [7, 11) is 0. The summed E-state index contributed by atoms with van der Waals surface area (Å²) < 4.78 is 11.0. The molecule has 0 aliphatic heterocycles. The molecular weight excluding hydrogens is 304 g/mol. The highest BCUT2D eigenvalue weighted by Crippen LogP contribution is 2.65. The van der Waals surface area contributed by atoms with Crippen molar-refractivity contribution in [2.75, 3.05) is 6.61 Å². The number of esters is 2. The van der Waals surface area contributed by atoms with Gasteiger partial charge in [0.15, 0.2) is 6.61 Å². The minimum absolute atomic E-state index is 0.307. The van der Waals surface area contributed by atoms with Crippen LogP contribution < -0.4 is 0 Å². The average Bonchev–Trinajstić information content (AvgIpc) is 2.53. The summed E-state index contributed by atoms with van der Waals surface area (Å²) in [5, 5.41) is 0. The normalized spacial score (nSPS) is 39.5. The zero-order chi connectivity index (χ0) is 17.4. The van der Waals surface area contributed by atoms with Gasteiger partial charge in [0.05, 0.1) is 0 Å². The highest BCUT2D eigenvalue weighted by Gasteiger charge is 2.62. The van der Waals surface area contributed by atoms with Gasteiger partial charge in [0, 0.05) is 6.08 Å². The molecule has 0 heterocycles. The van der Waals surface area contributed by atoms with E-state index in [0.717, 1.165) is 31.3 Å². The maximum absolute atomic E-state index is 12.4. The van der Waals surface area contributed by atoms with Crippen LogP contribution in [-0.4, -0.2) is 24.1 Å². The molecule has 4 aliphatic rings. The number of hydrogen-bond donors (Lipinski definition) is 0. The Balaban J connectivity index is 1.75. The van der Waals surface area contributed by atoms with Gasteiger partial charge >= 0.3 is 11.9 Å². The summed E-state index contributed by atoms with van der Waals surface area (Å²) in [6, 6.07) is 0. The molecule has 4 saturated carbocycles. The molecule has 134 valence electrons. The molecule has 0 aromatic heterocycles. The maximum atomic E-state index is 12.4. The van der Waals surface area contributed by atoms with Crippen LogP contribution >= 0.6 is 0 Å². The van der Waals surface area contributed by atoms with Gasteiger partial charge in [0.2, 0.25) is 0 Å². The smallest absolute Gasteiger partial charge is 0.344 e. The molecule has 0 spiro atoms.